The molecular formula is C14H17ClN2O. The van der Waals surface area contributed by atoms with Gasteiger partial charge in [0, 0.05) is 22.2 Å². The Morgan fingerprint density at radius 1 is 1.28 bits per heavy atom. The van der Waals surface area contributed by atoms with Gasteiger partial charge in [0.15, 0.2) is 0 Å². The Morgan fingerprint density at radius 2 is 1.94 bits per heavy atom. The molecule has 0 aliphatic heterocycles. The lowest BCUT2D eigenvalue weighted by Gasteiger charge is -2.15. The fourth-order valence-electron chi connectivity index (χ4n) is 1.73. The third-order valence-corrected chi connectivity index (χ3v) is 3.25. The Labute approximate surface area is 111 Å². The monoisotopic (exact) mass is 264 g/mol. The van der Waals surface area contributed by atoms with E-state index in [1.807, 2.05) is 24.3 Å². The number of nitrogens with zero attached hydrogens (tertiary/aromatic N) is 1. The maximum absolute atomic E-state index is 11.9. The summed E-state index contributed by atoms with van der Waals surface area (Å²) in [5.74, 6) is 0. The van der Waals surface area contributed by atoms with Crippen molar-refractivity contribution in [1.29, 1.82) is 0 Å². The van der Waals surface area contributed by atoms with Gasteiger partial charge in [0.25, 0.3) is 5.56 Å². The number of aromatic amines is 1. The van der Waals surface area contributed by atoms with Gasteiger partial charge in [-0.25, -0.2) is 4.68 Å². The molecule has 0 aliphatic rings. The van der Waals surface area contributed by atoms with Crippen LogP contribution in [-0.2, 0) is 12.0 Å². The molecule has 96 valence electrons. The number of rotatable bonds is 2. The van der Waals surface area contributed by atoms with Crippen molar-refractivity contribution in [2.45, 2.75) is 32.7 Å². The summed E-state index contributed by atoms with van der Waals surface area (Å²) in [6.45, 7) is 6.67. The maximum Gasteiger partial charge on any atom is 0.267 e. The number of H-pyrrole nitrogens is 1. The maximum atomic E-state index is 11.9. The van der Waals surface area contributed by atoms with Crippen molar-refractivity contribution in [3.8, 4) is 0 Å². The lowest BCUT2D eigenvalue weighted by Crippen LogP contribution is -2.17. The van der Waals surface area contributed by atoms with Gasteiger partial charge in [0.2, 0.25) is 0 Å². The van der Waals surface area contributed by atoms with Gasteiger partial charge < -0.3 is 0 Å². The van der Waals surface area contributed by atoms with Crippen molar-refractivity contribution >= 4 is 11.6 Å². The summed E-state index contributed by atoms with van der Waals surface area (Å²) in [6.07, 6.45) is 0. The van der Waals surface area contributed by atoms with E-state index in [0.29, 0.717) is 11.6 Å². The molecule has 0 aliphatic carbocycles. The molecule has 3 nitrogen and oxygen atoms in total. The Hall–Kier alpha value is -1.48. The fourth-order valence-corrected chi connectivity index (χ4v) is 1.93. The van der Waals surface area contributed by atoms with E-state index >= 15 is 0 Å². The van der Waals surface area contributed by atoms with E-state index in [4.69, 9.17) is 11.6 Å². The minimum absolute atomic E-state index is 0.0279. The summed E-state index contributed by atoms with van der Waals surface area (Å²) in [5, 5.41) is 3.82. The minimum Gasteiger partial charge on any atom is -0.299 e. The first-order valence-electron chi connectivity index (χ1n) is 5.91. The fraction of sp³-hybridized carbons (Fsp3) is 0.357. The third kappa shape index (κ3) is 2.67. The predicted octanol–water partition coefficient (Wildman–Crippen LogP) is 3.18. The van der Waals surface area contributed by atoms with Gasteiger partial charge in [-0.05, 0) is 11.6 Å². The SMILES string of the molecule is CC(C)(C)c1cc(=O)n(Cc2ccccc2Cl)[nH]1. The van der Waals surface area contributed by atoms with Crippen LogP contribution in [0.2, 0.25) is 5.02 Å². The molecule has 1 heterocycles. The largest absolute Gasteiger partial charge is 0.299 e. The van der Waals surface area contributed by atoms with Gasteiger partial charge in [-0.1, -0.05) is 50.6 Å². The lowest BCUT2D eigenvalue weighted by atomic mass is 9.93. The first kappa shape index (κ1) is 13.0. The summed E-state index contributed by atoms with van der Waals surface area (Å²) >= 11 is 6.09. The number of halogens is 1. The van der Waals surface area contributed by atoms with E-state index in [-0.39, 0.29) is 11.0 Å². The molecule has 0 saturated carbocycles. The van der Waals surface area contributed by atoms with Crippen LogP contribution in [-0.4, -0.2) is 9.78 Å². The molecule has 0 unspecified atom stereocenters. The van der Waals surface area contributed by atoms with E-state index in [1.165, 1.54) is 0 Å². The molecule has 0 amide bonds. The molecule has 0 bridgehead atoms. The van der Waals surface area contributed by atoms with Crippen LogP contribution in [0.5, 0.6) is 0 Å². The lowest BCUT2D eigenvalue weighted by molar-refractivity contribution is 0.543. The van der Waals surface area contributed by atoms with Crippen molar-refractivity contribution in [2.24, 2.45) is 0 Å². The summed E-state index contributed by atoms with van der Waals surface area (Å²) in [4.78, 5) is 11.9. The van der Waals surface area contributed by atoms with Gasteiger partial charge in [-0.2, -0.15) is 0 Å². The van der Waals surface area contributed by atoms with Gasteiger partial charge in [0.05, 0.1) is 6.54 Å². The third-order valence-electron chi connectivity index (χ3n) is 2.88. The second-order valence-electron chi connectivity index (χ2n) is 5.44. The van der Waals surface area contributed by atoms with Crippen LogP contribution in [0, 0.1) is 0 Å². The summed E-state index contributed by atoms with van der Waals surface area (Å²) in [6, 6.07) is 9.20. The standard InChI is InChI=1S/C14H17ClN2O/c1-14(2,3)12-8-13(18)17(16-12)9-10-6-4-5-7-11(10)15/h4-8,16H,9H2,1-3H3. The quantitative estimate of drug-likeness (QED) is 0.889. The molecule has 4 heteroatoms. The van der Waals surface area contributed by atoms with Crippen molar-refractivity contribution in [3.05, 3.63) is 57.0 Å². The van der Waals surface area contributed by atoms with Gasteiger partial charge in [-0.3, -0.25) is 9.89 Å². The molecule has 1 aromatic carbocycles. The predicted molar refractivity (Wildman–Crippen MR) is 74.3 cm³/mol. The Bertz CT molecular complexity index is 605. The molecule has 1 aromatic heterocycles. The van der Waals surface area contributed by atoms with Crippen LogP contribution < -0.4 is 5.56 Å². The highest BCUT2D eigenvalue weighted by Crippen LogP contribution is 2.19. The molecule has 2 aromatic rings. The van der Waals surface area contributed by atoms with Gasteiger partial charge in [-0.15, -0.1) is 0 Å². The first-order chi connectivity index (χ1) is 8.38. The molecule has 18 heavy (non-hydrogen) atoms. The van der Waals surface area contributed by atoms with Crippen LogP contribution in [0.1, 0.15) is 32.0 Å². The van der Waals surface area contributed by atoms with E-state index in [9.17, 15) is 4.79 Å². The zero-order valence-electron chi connectivity index (χ0n) is 10.8. The van der Waals surface area contributed by atoms with Crippen LogP contribution in [0.3, 0.4) is 0 Å². The summed E-state index contributed by atoms with van der Waals surface area (Å²) < 4.78 is 1.59. The van der Waals surface area contributed by atoms with Crippen LogP contribution in [0.4, 0.5) is 0 Å². The average Bonchev–Trinajstić information content (AvgIpc) is 2.63. The van der Waals surface area contributed by atoms with Crippen LogP contribution in [0.15, 0.2) is 35.1 Å². The van der Waals surface area contributed by atoms with Crippen LogP contribution >= 0.6 is 11.6 Å². The molecular weight excluding hydrogens is 248 g/mol. The topological polar surface area (TPSA) is 37.8 Å². The number of nitrogens with one attached hydrogen (secondary N) is 1. The highest BCUT2D eigenvalue weighted by Gasteiger charge is 2.17. The van der Waals surface area contributed by atoms with E-state index in [1.54, 1.807) is 10.7 Å². The molecule has 0 fully saturated rings. The first-order valence-corrected chi connectivity index (χ1v) is 6.29. The number of hydrogen-bond donors (Lipinski definition) is 1. The van der Waals surface area contributed by atoms with E-state index in [2.05, 4.69) is 25.9 Å². The Kier molecular flexibility index (Phi) is 3.35. The Morgan fingerprint density at radius 3 is 2.50 bits per heavy atom. The Balaban J connectivity index is 2.34. The molecule has 0 spiro atoms. The zero-order valence-corrected chi connectivity index (χ0v) is 11.6. The second-order valence-corrected chi connectivity index (χ2v) is 5.84. The molecule has 0 radical (unpaired) electrons. The molecule has 1 N–H and O–H groups in total. The van der Waals surface area contributed by atoms with Gasteiger partial charge in [0.1, 0.15) is 0 Å². The number of aromatic nitrogens is 2. The number of hydrogen-bond acceptors (Lipinski definition) is 1. The molecule has 0 atom stereocenters. The average molecular weight is 265 g/mol. The van der Waals surface area contributed by atoms with Gasteiger partial charge >= 0.3 is 0 Å². The highest BCUT2D eigenvalue weighted by atomic mass is 35.5. The molecule has 0 saturated heterocycles. The van der Waals surface area contributed by atoms with Crippen molar-refractivity contribution in [1.82, 2.24) is 9.78 Å². The van der Waals surface area contributed by atoms with Crippen LogP contribution in [0.25, 0.3) is 0 Å². The molecule has 2 rings (SSSR count). The van der Waals surface area contributed by atoms with Crippen molar-refractivity contribution in [3.63, 3.8) is 0 Å². The normalized spacial score (nSPS) is 11.8. The highest BCUT2D eigenvalue weighted by molar-refractivity contribution is 6.31. The minimum atomic E-state index is -0.0646. The van der Waals surface area contributed by atoms with Crippen molar-refractivity contribution in [2.75, 3.05) is 0 Å². The smallest absolute Gasteiger partial charge is 0.267 e. The van der Waals surface area contributed by atoms with E-state index < -0.39 is 0 Å². The summed E-state index contributed by atoms with van der Waals surface area (Å²) in [5.41, 5.74) is 1.77. The summed E-state index contributed by atoms with van der Waals surface area (Å²) in [7, 11) is 0. The second kappa shape index (κ2) is 4.65. The zero-order chi connectivity index (χ0) is 13.3. The van der Waals surface area contributed by atoms with E-state index in [0.717, 1.165) is 11.3 Å². The van der Waals surface area contributed by atoms with Crippen molar-refractivity contribution < 1.29 is 0 Å². The number of benzene rings is 1.